The third kappa shape index (κ3) is 5.55. The number of benzene rings is 1. The normalized spacial score (nSPS) is 10.6. The Labute approximate surface area is 144 Å². The summed E-state index contributed by atoms with van der Waals surface area (Å²) in [6, 6.07) is 9.92. The third-order valence-corrected chi connectivity index (χ3v) is 4.98. The predicted octanol–water partition coefficient (Wildman–Crippen LogP) is 4.33. The van der Waals surface area contributed by atoms with Crippen LogP contribution in [0.1, 0.15) is 40.6 Å². The van der Waals surface area contributed by atoms with E-state index in [0.717, 1.165) is 42.5 Å². The standard InChI is InChI=1S/C17H21BrN2OS/c1-2-3-8-20-17(21)14-6-4-13(5-7-14)10-19-11-16-9-15(18)12-22-16/h4-7,9,12,19H,2-3,8,10-11H2,1H3,(H,20,21). The van der Waals surface area contributed by atoms with E-state index in [4.69, 9.17) is 0 Å². The second-order valence-electron chi connectivity index (χ2n) is 5.14. The number of thiophene rings is 1. The number of carbonyl (C=O) groups excluding carboxylic acids is 1. The first-order chi connectivity index (χ1) is 10.7. The van der Waals surface area contributed by atoms with Crippen molar-refractivity contribution in [2.75, 3.05) is 6.54 Å². The molecular formula is C17H21BrN2OS. The zero-order valence-corrected chi connectivity index (χ0v) is 15.1. The summed E-state index contributed by atoms with van der Waals surface area (Å²) in [6.45, 7) is 4.51. The molecule has 0 atom stereocenters. The van der Waals surface area contributed by atoms with Crippen molar-refractivity contribution in [1.82, 2.24) is 10.6 Å². The van der Waals surface area contributed by atoms with Crippen LogP contribution in [0, 0.1) is 0 Å². The molecular weight excluding hydrogens is 360 g/mol. The minimum absolute atomic E-state index is 0.0106. The van der Waals surface area contributed by atoms with Crippen LogP contribution >= 0.6 is 27.3 Å². The molecule has 0 aliphatic rings. The summed E-state index contributed by atoms with van der Waals surface area (Å²) >= 11 is 5.20. The van der Waals surface area contributed by atoms with Gasteiger partial charge in [-0.05, 0) is 46.1 Å². The zero-order valence-electron chi connectivity index (χ0n) is 12.7. The van der Waals surface area contributed by atoms with Gasteiger partial charge in [0.1, 0.15) is 0 Å². The molecule has 5 heteroatoms. The molecule has 1 aromatic heterocycles. The fourth-order valence-electron chi connectivity index (χ4n) is 2.03. The highest BCUT2D eigenvalue weighted by Crippen LogP contribution is 2.19. The number of halogens is 1. The molecule has 0 saturated heterocycles. The molecule has 0 spiro atoms. The molecule has 118 valence electrons. The molecule has 0 unspecified atom stereocenters. The van der Waals surface area contributed by atoms with Gasteiger partial charge in [-0.3, -0.25) is 4.79 Å². The van der Waals surface area contributed by atoms with Crippen LogP contribution in [0.3, 0.4) is 0 Å². The van der Waals surface area contributed by atoms with E-state index in [1.54, 1.807) is 11.3 Å². The Morgan fingerprint density at radius 3 is 2.64 bits per heavy atom. The van der Waals surface area contributed by atoms with Crippen LogP contribution in [0.2, 0.25) is 0 Å². The Balaban J connectivity index is 1.77. The minimum Gasteiger partial charge on any atom is -0.352 e. The Bertz CT molecular complexity index is 595. The SMILES string of the molecule is CCCCNC(=O)c1ccc(CNCc2cc(Br)cs2)cc1. The minimum atomic E-state index is 0.0106. The molecule has 0 bridgehead atoms. The zero-order chi connectivity index (χ0) is 15.8. The van der Waals surface area contributed by atoms with Crippen molar-refractivity contribution in [1.29, 1.82) is 0 Å². The fourth-order valence-corrected chi connectivity index (χ4v) is 3.45. The first kappa shape index (κ1) is 17.2. The topological polar surface area (TPSA) is 41.1 Å². The molecule has 2 N–H and O–H groups in total. The van der Waals surface area contributed by atoms with Crippen LogP contribution < -0.4 is 10.6 Å². The molecule has 0 aliphatic heterocycles. The summed E-state index contributed by atoms with van der Waals surface area (Å²) in [5.41, 5.74) is 1.91. The van der Waals surface area contributed by atoms with Crippen molar-refractivity contribution >= 4 is 33.2 Å². The van der Waals surface area contributed by atoms with Gasteiger partial charge in [-0.2, -0.15) is 0 Å². The van der Waals surface area contributed by atoms with Gasteiger partial charge in [-0.15, -0.1) is 11.3 Å². The largest absolute Gasteiger partial charge is 0.352 e. The molecule has 3 nitrogen and oxygen atoms in total. The molecule has 0 fully saturated rings. The highest BCUT2D eigenvalue weighted by atomic mass is 79.9. The smallest absolute Gasteiger partial charge is 0.251 e. The van der Waals surface area contributed by atoms with Gasteiger partial charge >= 0.3 is 0 Å². The number of nitrogens with one attached hydrogen (secondary N) is 2. The van der Waals surface area contributed by atoms with E-state index >= 15 is 0 Å². The highest BCUT2D eigenvalue weighted by molar-refractivity contribution is 9.10. The Hall–Kier alpha value is -1.17. The molecule has 0 saturated carbocycles. The van der Waals surface area contributed by atoms with Crippen molar-refractivity contribution < 1.29 is 4.79 Å². The molecule has 1 amide bonds. The number of unbranched alkanes of at least 4 members (excludes halogenated alkanes) is 1. The van der Waals surface area contributed by atoms with Crippen LogP contribution in [0.5, 0.6) is 0 Å². The predicted molar refractivity (Wildman–Crippen MR) is 96.2 cm³/mol. The van der Waals surface area contributed by atoms with Crippen LogP contribution in [-0.2, 0) is 13.1 Å². The number of carbonyl (C=O) groups is 1. The van der Waals surface area contributed by atoms with Gasteiger partial charge in [0, 0.05) is 39.9 Å². The maximum atomic E-state index is 11.9. The molecule has 0 aliphatic carbocycles. The molecule has 22 heavy (non-hydrogen) atoms. The lowest BCUT2D eigenvalue weighted by Crippen LogP contribution is -2.24. The van der Waals surface area contributed by atoms with Crippen LogP contribution in [0.15, 0.2) is 40.2 Å². The second kappa shape index (κ2) is 9.08. The van der Waals surface area contributed by atoms with Crippen molar-refractivity contribution in [3.05, 3.63) is 56.2 Å². The van der Waals surface area contributed by atoms with E-state index in [1.807, 2.05) is 24.3 Å². The summed E-state index contributed by atoms with van der Waals surface area (Å²) < 4.78 is 1.13. The lowest BCUT2D eigenvalue weighted by Gasteiger charge is -2.06. The summed E-state index contributed by atoms with van der Waals surface area (Å²) in [5.74, 6) is 0.0106. The van der Waals surface area contributed by atoms with E-state index in [1.165, 1.54) is 10.4 Å². The lowest BCUT2D eigenvalue weighted by molar-refractivity contribution is 0.0953. The molecule has 2 rings (SSSR count). The molecule has 1 heterocycles. The average molecular weight is 381 g/mol. The van der Waals surface area contributed by atoms with E-state index in [9.17, 15) is 4.79 Å². The van der Waals surface area contributed by atoms with Crippen molar-refractivity contribution in [2.45, 2.75) is 32.9 Å². The first-order valence-electron chi connectivity index (χ1n) is 7.50. The molecule has 1 aromatic carbocycles. The van der Waals surface area contributed by atoms with Gasteiger partial charge in [0.25, 0.3) is 5.91 Å². The van der Waals surface area contributed by atoms with Crippen LogP contribution in [0.4, 0.5) is 0 Å². The Kier molecular flexibility index (Phi) is 7.09. The average Bonchev–Trinajstić information content (AvgIpc) is 2.93. The van der Waals surface area contributed by atoms with Gasteiger partial charge in [-0.1, -0.05) is 25.5 Å². The third-order valence-electron chi connectivity index (χ3n) is 3.28. The molecule has 2 aromatic rings. The highest BCUT2D eigenvalue weighted by Gasteiger charge is 2.04. The Morgan fingerprint density at radius 2 is 2.00 bits per heavy atom. The maximum absolute atomic E-state index is 11.9. The van der Waals surface area contributed by atoms with Crippen LogP contribution in [-0.4, -0.2) is 12.5 Å². The van der Waals surface area contributed by atoms with Crippen molar-refractivity contribution in [2.24, 2.45) is 0 Å². The van der Waals surface area contributed by atoms with E-state index in [0.29, 0.717) is 0 Å². The first-order valence-corrected chi connectivity index (χ1v) is 9.17. The van der Waals surface area contributed by atoms with E-state index in [-0.39, 0.29) is 5.91 Å². The number of hydrogen-bond donors (Lipinski definition) is 2. The summed E-state index contributed by atoms with van der Waals surface area (Å²) in [4.78, 5) is 13.2. The Morgan fingerprint density at radius 1 is 1.23 bits per heavy atom. The lowest BCUT2D eigenvalue weighted by atomic mass is 10.1. The number of hydrogen-bond acceptors (Lipinski definition) is 3. The van der Waals surface area contributed by atoms with Crippen molar-refractivity contribution in [3.8, 4) is 0 Å². The molecule has 0 radical (unpaired) electrons. The quantitative estimate of drug-likeness (QED) is 0.669. The van der Waals surface area contributed by atoms with Crippen LogP contribution in [0.25, 0.3) is 0 Å². The van der Waals surface area contributed by atoms with Gasteiger partial charge in [0.15, 0.2) is 0 Å². The number of rotatable bonds is 8. The van der Waals surface area contributed by atoms with Crippen molar-refractivity contribution in [3.63, 3.8) is 0 Å². The van der Waals surface area contributed by atoms with Gasteiger partial charge in [-0.25, -0.2) is 0 Å². The monoisotopic (exact) mass is 380 g/mol. The summed E-state index contributed by atoms with van der Waals surface area (Å²) in [6.07, 6.45) is 2.11. The number of amides is 1. The van der Waals surface area contributed by atoms with Gasteiger partial charge in [0.2, 0.25) is 0 Å². The maximum Gasteiger partial charge on any atom is 0.251 e. The summed E-state index contributed by atoms with van der Waals surface area (Å²) in [7, 11) is 0. The van der Waals surface area contributed by atoms with Gasteiger partial charge < -0.3 is 10.6 Å². The van der Waals surface area contributed by atoms with E-state index in [2.05, 4.69) is 44.9 Å². The van der Waals surface area contributed by atoms with E-state index < -0.39 is 0 Å². The fraction of sp³-hybridized carbons (Fsp3) is 0.353. The second-order valence-corrected chi connectivity index (χ2v) is 7.05. The van der Waals surface area contributed by atoms with Gasteiger partial charge in [0.05, 0.1) is 0 Å². The summed E-state index contributed by atoms with van der Waals surface area (Å²) in [5, 5.41) is 8.43.